The van der Waals surface area contributed by atoms with Gasteiger partial charge < -0.3 is 49.3 Å². The van der Waals surface area contributed by atoms with Crippen molar-refractivity contribution in [3.63, 3.8) is 0 Å². The number of nitrogens with zero attached hydrogens (tertiary/aromatic N) is 6. The first-order valence-electron chi connectivity index (χ1n) is 25.4. The van der Waals surface area contributed by atoms with Gasteiger partial charge in [0, 0.05) is 41.7 Å². The second kappa shape index (κ2) is 19.6. The molecule has 8 atom stereocenters. The normalized spacial score (nSPS) is 23.5. The van der Waals surface area contributed by atoms with Crippen LogP contribution in [-0.2, 0) is 23.8 Å². The zero-order valence-corrected chi connectivity index (χ0v) is 42.6. The van der Waals surface area contributed by atoms with Crippen molar-refractivity contribution in [1.29, 1.82) is 0 Å². The number of benzene rings is 2. The Balaban J connectivity index is 0.893. The summed E-state index contributed by atoms with van der Waals surface area (Å²) in [5, 5.41) is 7.48. The highest BCUT2D eigenvalue weighted by Crippen LogP contribution is 2.50. The van der Waals surface area contributed by atoms with E-state index in [1.165, 1.54) is 20.3 Å². The first-order valence-corrected chi connectivity index (χ1v) is 26.3. The molecule has 1 aliphatic carbocycles. The summed E-state index contributed by atoms with van der Waals surface area (Å²) in [6.45, 7) is 8.76. The minimum atomic E-state index is -0.775. The van der Waals surface area contributed by atoms with Crippen molar-refractivity contribution < 1.29 is 42.5 Å². The van der Waals surface area contributed by atoms with Gasteiger partial charge in [-0.05, 0) is 107 Å². The molecule has 11 rings (SSSR count). The SMILES string of the molecule is COC(=O)NC(C(=O)N1CCC[C@H]1c1ncc(-c2ccc3c(c2)cc2n3C(c3cnc(C4CC4)s3)Oc3cc(-c4cnc([C@@H]5CCCN5C(=O)[C@@H](NC(=O)OC)C(C)C)[nH]4)cc(F)c3-2)[nH]1)C1C[C@@H](C)O[C@@H](C)C1. The maximum atomic E-state index is 17.0. The number of carbonyl (C=O) groups excluding carboxylic acids is 4. The van der Waals surface area contributed by atoms with Gasteiger partial charge >= 0.3 is 12.2 Å². The number of alkyl carbamates (subject to hydrolysis) is 2. The van der Waals surface area contributed by atoms with Gasteiger partial charge in [0.25, 0.3) is 0 Å². The highest BCUT2D eigenvalue weighted by Gasteiger charge is 2.43. The van der Waals surface area contributed by atoms with Crippen molar-refractivity contribution in [1.82, 2.24) is 49.9 Å². The number of nitrogens with one attached hydrogen (secondary N) is 4. The number of thiazole rings is 1. The Hall–Kier alpha value is -6.80. The van der Waals surface area contributed by atoms with E-state index in [9.17, 15) is 19.2 Å². The van der Waals surface area contributed by atoms with E-state index >= 15 is 4.39 Å². The Labute approximate surface area is 425 Å². The van der Waals surface area contributed by atoms with E-state index in [-0.39, 0.29) is 47.9 Å². The molecule has 6 aromatic rings. The third kappa shape index (κ3) is 9.21. The van der Waals surface area contributed by atoms with E-state index in [1.807, 2.05) is 67.6 Å². The second-order valence-corrected chi connectivity index (χ2v) is 21.6. The van der Waals surface area contributed by atoms with Crippen LogP contribution in [0.25, 0.3) is 44.7 Å². The molecule has 73 heavy (non-hydrogen) atoms. The molecular weight excluding hydrogens is 956 g/mol. The molecule has 0 spiro atoms. The third-order valence-corrected chi connectivity index (χ3v) is 16.4. The molecule has 0 radical (unpaired) electrons. The standard InChI is InChI=1S/C53H61FN10O8S/c1-26(2)44(60-52(67)69-5)49(65)62-15-7-9-38(62)47-56-24-36(59-47)31-20-34(54)43-40-21-32-19-30(13-14-37(32)64(40)51(72-41(43)22-31)42-25-57-48(73-42)29-11-12-29)35-23-55-46(58-35)39-10-8-16-63(39)50(66)45(61-53(68)70-6)33-17-27(3)71-28(4)18-33/h13-14,19-29,33,38-39,44-45,51H,7-12,15-18H2,1-6H3,(H,55,58)(H,56,59)(H,60,67)(H,61,68)/t27-,28+,33?,38-,39-,44-,45?,51?/m0/s1. The predicted molar refractivity (Wildman–Crippen MR) is 269 cm³/mol. The van der Waals surface area contributed by atoms with Gasteiger partial charge in [-0.25, -0.2) is 28.9 Å². The molecule has 5 aliphatic rings. The van der Waals surface area contributed by atoms with Crippen LogP contribution in [0.5, 0.6) is 5.75 Å². The van der Waals surface area contributed by atoms with Gasteiger partial charge in [0.2, 0.25) is 18.0 Å². The molecule has 8 heterocycles. The number of rotatable bonds is 12. The number of amides is 4. The Morgan fingerprint density at radius 2 is 1.44 bits per heavy atom. The lowest BCUT2D eigenvalue weighted by Gasteiger charge is -2.38. The van der Waals surface area contributed by atoms with E-state index in [0.717, 1.165) is 57.7 Å². The maximum Gasteiger partial charge on any atom is 0.407 e. The van der Waals surface area contributed by atoms with Crippen LogP contribution in [-0.4, -0.2) is 115 Å². The van der Waals surface area contributed by atoms with Crippen molar-refractivity contribution in [3.8, 4) is 39.5 Å². The number of carbonyl (C=O) groups is 4. The van der Waals surface area contributed by atoms with E-state index in [1.54, 1.807) is 28.6 Å². The summed E-state index contributed by atoms with van der Waals surface area (Å²) < 4.78 is 41.7. The van der Waals surface area contributed by atoms with E-state index in [0.29, 0.717) is 84.6 Å². The van der Waals surface area contributed by atoms with Gasteiger partial charge in [-0.1, -0.05) is 19.9 Å². The highest BCUT2D eigenvalue weighted by atomic mass is 32.1. The smallest absolute Gasteiger partial charge is 0.407 e. The Morgan fingerprint density at radius 3 is 2.08 bits per heavy atom. The molecule has 4 aliphatic heterocycles. The van der Waals surface area contributed by atoms with Crippen LogP contribution in [0.2, 0.25) is 0 Å². The summed E-state index contributed by atoms with van der Waals surface area (Å²) in [7, 11) is 2.57. The number of hydrogen-bond acceptors (Lipinski definition) is 12. The molecule has 4 aromatic heterocycles. The van der Waals surface area contributed by atoms with Crippen LogP contribution < -0.4 is 15.4 Å². The monoisotopic (exact) mass is 1020 g/mol. The fraction of sp³-hybridized carbons (Fsp3) is 0.491. The number of methoxy groups -OCH3 is 2. The van der Waals surface area contributed by atoms with Crippen LogP contribution in [0.3, 0.4) is 0 Å². The largest absolute Gasteiger partial charge is 0.464 e. The first-order chi connectivity index (χ1) is 35.3. The molecule has 2 aromatic carbocycles. The van der Waals surface area contributed by atoms with Crippen LogP contribution in [0.15, 0.2) is 55.0 Å². The summed E-state index contributed by atoms with van der Waals surface area (Å²) in [5.41, 5.74) is 4.56. The maximum absolute atomic E-state index is 17.0. The molecule has 4 amide bonds. The second-order valence-electron chi connectivity index (χ2n) is 20.6. The molecule has 20 heteroatoms. The molecule has 1 saturated carbocycles. The average molecular weight is 1020 g/mol. The topological polar surface area (TPSA) is 211 Å². The number of hydrogen-bond donors (Lipinski definition) is 4. The quantitative estimate of drug-likeness (QED) is 0.0908. The van der Waals surface area contributed by atoms with E-state index in [4.69, 9.17) is 33.9 Å². The van der Waals surface area contributed by atoms with Gasteiger partial charge in [-0.2, -0.15) is 0 Å². The molecule has 3 saturated heterocycles. The molecule has 384 valence electrons. The zero-order chi connectivity index (χ0) is 50.8. The molecule has 3 unspecified atom stereocenters. The first kappa shape index (κ1) is 48.5. The summed E-state index contributed by atoms with van der Waals surface area (Å²) in [4.78, 5) is 78.8. The molecular formula is C53H61FN10O8S. The van der Waals surface area contributed by atoms with Crippen LogP contribution in [0, 0.1) is 17.7 Å². The molecule has 4 fully saturated rings. The van der Waals surface area contributed by atoms with Gasteiger partial charge in [-0.15, -0.1) is 11.3 Å². The number of halogens is 1. The Kier molecular flexibility index (Phi) is 13.0. The number of imidazole rings is 2. The van der Waals surface area contributed by atoms with Crippen molar-refractivity contribution in [3.05, 3.63) is 82.3 Å². The van der Waals surface area contributed by atoms with E-state index < -0.39 is 36.3 Å². The molecule has 18 nitrogen and oxygen atoms in total. The van der Waals surface area contributed by atoms with Crippen LogP contribution >= 0.6 is 11.3 Å². The number of likely N-dealkylation sites (tertiary alicyclic amines) is 2. The van der Waals surface area contributed by atoms with Gasteiger partial charge in [0.15, 0.2) is 0 Å². The molecule has 4 N–H and O–H groups in total. The summed E-state index contributed by atoms with van der Waals surface area (Å²) >= 11 is 1.62. The Bertz CT molecular complexity index is 3080. The summed E-state index contributed by atoms with van der Waals surface area (Å²) in [5.74, 6) is 0.889. The van der Waals surface area contributed by atoms with Crippen molar-refractivity contribution >= 4 is 46.2 Å². The minimum absolute atomic E-state index is 0.0521. The van der Waals surface area contributed by atoms with Gasteiger partial charge in [-0.3, -0.25) is 14.2 Å². The average Bonchev–Trinajstić information content (AvgIpc) is 4.10. The number of H-pyrrole nitrogens is 2. The number of fused-ring (bicyclic) bond motifs is 5. The lowest BCUT2D eigenvalue weighted by molar-refractivity contribution is -0.138. The number of ether oxygens (including phenoxy) is 4. The van der Waals surface area contributed by atoms with Crippen molar-refractivity contribution in [2.45, 2.75) is 128 Å². The summed E-state index contributed by atoms with van der Waals surface area (Å²) in [6.07, 6.45) is 9.66. The Morgan fingerprint density at radius 1 is 0.795 bits per heavy atom. The van der Waals surface area contributed by atoms with Crippen LogP contribution in [0.4, 0.5) is 14.0 Å². The van der Waals surface area contributed by atoms with Gasteiger partial charge in [0.1, 0.15) is 35.3 Å². The lowest BCUT2D eigenvalue weighted by atomic mass is 9.85. The minimum Gasteiger partial charge on any atom is -0.464 e. The predicted octanol–water partition coefficient (Wildman–Crippen LogP) is 9.14. The van der Waals surface area contributed by atoms with Crippen LogP contribution in [0.1, 0.15) is 125 Å². The lowest BCUT2D eigenvalue weighted by Crippen LogP contribution is -2.54. The zero-order valence-electron chi connectivity index (χ0n) is 41.8. The van der Waals surface area contributed by atoms with Crippen molar-refractivity contribution in [2.24, 2.45) is 11.8 Å². The number of aromatic nitrogens is 6. The highest BCUT2D eigenvalue weighted by molar-refractivity contribution is 7.11. The van der Waals surface area contributed by atoms with Gasteiger partial charge in [0.05, 0.1) is 89.0 Å². The molecule has 0 bridgehead atoms. The number of aromatic amines is 2. The van der Waals surface area contributed by atoms with Crippen molar-refractivity contribution in [2.75, 3.05) is 27.3 Å². The fourth-order valence-corrected chi connectivity index (χ4v) is 12.6. The fourth-order valence-electron chi connectivity index (χ4n) is 11.5. The summed E-state index contributed by atoms with van der Waals surface area (Å²) in [6, 6.07) is 9.18. The van der Waals surface area contributed by atoms with E-state index in [2.05, 4.69) is 26.7 Å². The third-order valence-electron chi connectivity index (χ3n) is 15.2.